The lowest BCUT2D eigenvalue weighted by atomic mass is 9.91. The molecule has 3 nitrogen and oxygen atoms in total. The predicted octanol–water partition coefficient (Wildman–Crippen LogP) is 1.25. The molecule has 0 amide bonds. The molecule has 3 N–H and O–H groups in total. The van der Waals surface area contributed by atoms with Crippen LogP contribution in [-0.2, 0) is 0 Å². The van der Waals surface area contributed by atoms with Crippen molar-refractivity contribution in [1.29, 1.82) is 0 Å². The summed E-state index contributed by atoms with van der Waals surface area (Å²) in [6.07, 6.45) is 0.856. The summed E-state index contributed by atoms with van der Waals surface area (Å²) in [5.74, 6) is -1.13. The quantitative estimate of drug-likeness (QED) is 0.820. The summed E-state index contributed by atoms with van der Waals surface area (Å²) in [6.45, 7) is 0.998. The van der Waals surface area contributed by atoms with Crippen LogP contribution < -0.4 is 10.6 Å². The molecule has 0 saturated carbocycles. The summed E-state index contributed by atoms with van der Waals surface area (Å²) in [6, 6.07) is 3.82. The van der Waals surface area contributed by atoms with Gasteiger partial charge in [-0.3, -0.25) is 0 Å². The van der Waals surface area contributed by atoms with Crippen molar-refractivity contribution in [3.05, 3.63) is 29.8 Å². The highest BCUT2D eigenvalue weighted by molar-refractivity contribution is 5.49. The zero-order valence-corrected chi connectivity index (χ0v) is 9.50. The number of hydrogen-bond acceptors (Lipinski definition) is 3. The average Bonchev–Trinajstić information content (AvgIpc) is 2.31. The van der Waals surface area contributed by atoms with E-state index in [0.717, 1.165) is 0 Å². The lowest BCUT2D eigenvalue weighted by Crippen LogP contribution is -2.49. The maximum Gasteiger partial charge on any atom is 0.149 e. The number of anilines is 1. The maximum atomic E-state index is 13.5. The van der Waals surface area contributed by atoms with Crippen LogP contribution in [0.25, 0.3) is 0 Å². The molecule has 1 heterocycles. The Labute approximate surface area is 98.8 Å². The first-order valence-corrected chi connectivity index (χ1v) is 5.67. The Morgan fingerprint density at radius 2 is 1.76 bits per heavy atom. The third-order valence-corrected chi connectivity index (χ3v) is 3.33. The fourth-order valence-electron chi connectivity index (χ4n) is 2.14. The van der Waals surface area contributed by atoms with Crippen LogP contribution in [0.1, 0.15) is 12.8 Å². The Morgan fingerprint density at radius 1 is 1.24 bits per heavy atom. The molecule has 0 radical (unpaired) electrons. The molecule has 94 valence electrons. The van der Waals surface area contributed by atoms with Gasteiger partial charge in [-0.15, -0.1) is 0 Å². The molecule has 0 atom stereocenters. The van der Waals surface area contributed by atoms with Gasteiger partial charge in [-0.1, -0.05) is 6.07 Å². The van der Waals surface area contributed by atoms with E-state index in [1.807, 2.05) is 0 Å². The van der Waals surface area contributed by atoms with Crippen LogP contribution in [-0.4, -0.2) is 30.3 Å². The number of nitrogens with zero attached hydrogens (tertiary/aromatic N) is 1. The van der Waals surface area contributed by atoms with Crippen LogP contribution in [0, 0.1) is 11.6 Å². The molecular formula is C12H16F2N2O. The van der Waals surface area contributed by atoms with Crippen LogP contribution >= 0.6 is 0 Å². The van der Waals surface area contributed by atoms with Gasteiger partial charge in [-0.05, 0) is 25.0 Å². The number of aliphatic hydroxyl groups is 1. The number of benzene rings is 1. The molecule has 0 aliphatic carbocycles. The van der Waals surface area contributed by atoms with Crippen molar-refractivity contribution in [2.75, 3.05) is 24.5 Å². The minimum absolute atomic E-state index is 0.00780. The molecule has 1 aliphatic heterocycles. The van der Waals surface area contributed by atoms with Gasteiger partial charge in [0.1, 0.15) is 17.3 Å². The fourth-order valence-corrected chi connectivity index (χ4v) is 2.14. The van der Waals surface area contributed by atoms with E-state index in [1.54, 1.807) is 4.90 Å². The van der Waals surface area contributed by atoms with Gasteiger partial charge in [0.05, 0.1) is 5.60 Å². The molecule has 1 aromatic carbocycles. The largest absolute Gasteiger partial charge is 0.388 e. The van der Waals surface area contributed by atoms with Crippen molar-refractivity contribution < 1.29 is 13.9 Å². The molecule has 0 aromatic heterocycles. The van der Waals surface area contributed by atoms with Crippen LogP contribution in [0.3, 0.4) is 0 Å². The van der Waals surface area contributed by atoms with Gasteiger partial charge >= 0.3 is 0 Å². The first kappa shape index (κ1) is 12.3. The fraction of sp³-hybridized carbons (Fsp3) is 0.500. The maximum absolute atomic E-state index is 13.5. The SMILES string of the molecule is NCC1(O)CCN(c2c(F)cccc2F)CC1. The number of hydrogen-bond donors (Lipinski definition) is 2. The zero-order chi connectivity index (χ0) is 12.5. The Hall–Kier alpha value is -1.20. The smallest absolute Gasteiger partial charge is 0.149 e. The van der Waals surface area contributed by atoms with E-state index in [0.29, 0.717) is 25.9 Å². The Balaban J connectivity index is 2.16. The summed E-state index contributed by atoms with van der Waals surface area (Å²) < 4.78 is 27.1. The number of para-hydroxylation sites is 1. The number of rotatable bonds is 2. The number of nitrogens with two attached hydrogens (primary N) is 1. The van der Waals surface area contributed by atoms with Gasteiger partial charge in [-0.2, -0.15) is 0 Å². The molecule has 2 rings (SSSR count). The monoisotopic (exact) mass is 242 g/mol. The molecule has 1 saturated heterocycles. The molecule has 5 heteroatoms. The lowest BCUT2D eigenvalue weighted by Gasteiger charge is -2.38. The average molecular weight is 242 g/mol. The van der Waals surface area contributed by atoms with Gasteiger partial charge in [-0.25, -0.2) is 8.78 Å². The van der Waals surface area contributed by atoms with E-state index in [1.165, 1.54) is 18.2 Å². The Kier molecular flexibility index (Phi) is 3.31. The molecular weight excluding hydrogens is 226 g/mol. The number of piperidine rings is 1. The molecule has 17 heavy (non-hydrogen) atoms. The Morgan fingerprint density at radius 3 is 2.24 bits per heavy atom. The minimum atomic E-state index is -0.891. The summed E-state index contributed by atoms with van der Waals surface area (Å²) in [4.78, 5) is 1.62. The topological polar surface area (TPSA) is 49.5 Å². The van der Waals surface area contributed by atoms with Crippen molar-refractivity contribution in [2.24, 2.45) is 5.73 Å². The summed E-state index contributed by atoms with van der Waals surface area (Å²) in [5.41, 5.74) is 4.57. The van der Waals surface area contributed by atoms with Crippen LogP contribution in [0.15, 0.2) is 18.2 Å². The van der Waals surface area contributed by atoms with Gasteiger partial charge < -0.3 is 15.7 Å². The predicted molar refractivity (Wildman–Crippen MR) is 61.8 cm³/mol. The van der Waals surface area contributed by atoms with Crippen molar-refractivity contribution in [3.8, 4) is 0 Å². The van der Waals surface area contributed by atoms with E-state index in [2.05, 4.69) is 0 Å². The lowest BCUT2D eigenvalue weighted by molar-refractivity contribution is 0.0247. The second kappa shape index (κ2) is 4.58. The van der Waals surface area contributed by atoms with Gasteiger partial charge in [0.25, 0.3) is 0 Å². The minimum Gasteiger partial charge on any atom is -0.388 e. The van der Waals surface area contributed by atoms with E-state index in [4.69, 9.17) is 5.73 Å². The van der Waals surface area contributed by atoms with Crippen molar-refractivity contribution >= 4 is 5.69 Å². The summed E-state index contributed by atoms with van der Waals surface area (Å²) in [5, 5.41) is 9.94. The zero-order valence-electron chi connectivity index (χ0n) is 9.50. The molecule has 1 fully saturated rings. The van der Waals surface area contributed by atoms with E-state index in [-0.39, 0.29) is 12.2 Å². The van der Waals surface area contributed by atoms with Crippen LogP contribution in [0.2, 0.25) is 0 Å². The van der Waals surface area contributed by atoms with E-state index >= 15 is 0 Å². The second-order valence-corrected chi connectivity index (χ2v) is 4.49. The standard InChI is InChI=1S/C12H16F2N2O/c13-9-2-1-3-10(14)11(9)16-6-4-12(17,8-15)5-7-16/h1-3,17H,4-8,15H2. The van der Waals surface area contributed by atoms with E-state index in [9.17, 15) is 13.9 Å². The first-order valence-electron chi connectivity index (χ1n) is 5.67. The third-order valence-electron chi connectivity index (χ3n) is 3.33. The molecule has 0 bridgehead atoms. The highest BCUT2D eigenvalue weighted by Gasteiger charge is 2.32. The summed E-state index contributed by atoms with van der Waals surface area (Å²) in [7, 11) is 0. The van der Waals surface area contributed by atoms with Gasteiger partial charge in [0.15, 0.2) is 0 Å². The Bertz CT molecular complexity index is 383. The second-order valence-electron chi connectivity index (χ2n) is 4.49. The number of halogens is 2. The summed E-state index contributed by atoms with van der Waals surface area (Å²) >= 11 is 0. The van der Waals surface area contributed by atoms with Gasteiger partial charge in [0.2, 0.25) is 0 Å². The van der Waals surface area contributed by atoms with Crippen molar-refractivity contribution in [3.63, 3.8) is 0 Å². The molecule has 0 unspecified atom stereocenters. The van der Waals surface area contributed by atoms with E-state index < -0.39 is 17.2 Å². The molecule has 0 spiro atoms. The molecule has 1 aromatic rings. The van der Waals surface area contributed by atoms with Gasteiger partial charge in [0, 0.05) is 19.6 Å². The normalized spacial score (nSPS) is 19.4. The van der Waals surface area contributed by atoms with Crippen molar-refractivity contribution in [2.45, 2.75) is 18.4 Å². The third kappa shape index (κ3) is 2.40. The van der Waals surface area contributed by atoms with Crippen LogP contribution in [0.5, 0.6) is 0 Å². The highest BCUT2D eigenvalue weighted by Crippen LogP contribution is 2.29. The molecule has 1 aliphatic rings. The highest BCUT2D eigenvalue weighted by atomic mass is 19.1. The van der Waals surface area contributed by atoms with Crippen LogP contribution in [0.4, 0.5) is 14.5 Å². The first-order chi connectivity index (χ1) is 8.06. The van der Waals surface area contributed by atoms with Crippen molar-refractivity contribution in [1.82, 2.24) is 0 Å².